The van der Waals surface area contributed by atoms with Crippen LogP contribution in [0.2, 0.25) is 0 Å². The lowest BCUT2D eigenvalue weighted by Gasteiger charge is -2.47. The molecule has 3 fully saturated rings. The van der Waals surface area contributed by atoms with Crippen LogP contribution in [0.15, 0.2) is 12.1 Å². The zero-order chi connectivity index (χ0) is 20.8. The van der Waals surface area contributed by atoms with Crippen LogP contribution in [0.3, 0.4) is 0 Å². The smallest absolute Gasteiger partial charge is 0.414 e. The van der Waals surface area contributed by atoms with E-state index in [1.54, 1.807) is 4.90 Å². The van der Waals surface area contributed by atoms with Crippen LogP contribution in [-0.4, -0.2) is 60.0 Å². The number of hydrogen-bond acceptors (Lipinski definition) is 5. The van der Waals surface area contributed by atoms with Crippen molar-refractivity contribution in [1.82, 2.24) is 5.32 Å². The third kappa shape index (κ3) is 3.94. The van der Waals surface area contributed by atoms with Crippen LogP contribution in [0, 0.1) is 17.0 Å². The molecular formula is C19H23F2N3O4S. The van der Waals surface area contributed by atoms with Crippen molar-refractivity contribution >= 4 is 34.2 Å². The average Bonchev–Trinajstić information content (AvgIpc) is 3.00. The minimum absolute atomic E-state index is 0.0660. The molecule has 0 aromatic heterocycles. The number of amides is 2. The summed E-state index contributed by atoms with van der Waals surface area (Å²) in [7, 11) is -0.748. The number of rotatable bonds is 4. The van der Waals surface area contributed by atoms with E-state index in [2.05, 4.69) is 5.32 Å². The Morgan fingerprint density at radius 3 is 2.45 bits per heavy atom. The normalized spacial score (nSPS) is 23.8. The van der Waals surface area contributed by atoms with Gasteiger partial charge in [-0.15, -0.1) is 0 Å². The molecule has 1 atom stereocenters. The summed E-state index contributed by atoms with van der Waals surface area (Å²) in [5.74, 6) is -0.349. The molecule has 0 saturated carbocycles. The number of hydrogen-bond donors (Lipinski definition) is 1. The molecule has 158 valence electrons. The van der Waals surface area contributed by atoms with Crippen LogP contribution in [0.4, 0.5) is 25.0 Å². The van der Waals surface area contributed by atoms with E-state index in [9.17, 15) is 22.6 Å². The lowest BCUT2D eigenvalue weighted by molar-refractivity contribution is -0.119. The number of nitrogens with zero attached hydrogens (tertiary/aromatic N) is 2. The number of piperidine rings is 1. The summed E-state index contributed by atoms with van der Waals surface area (Å²) in [6, 6.07) is 2.28. The van der Waals surface area contributed by atoms with Crippen molar-refractivity contribution in [1.29, 1.82) is 0 Å². The number of carbonyl (C=O) groups is 2. The summed E-state index contributed by atoms with van der Waals surface area (Å²) in [5, 5.41) is 2.56. The van der Waals surface area contributed by atoms with Crippen molar-refractivity contribution in [3.63, 3.8) is 0 Å². The van der Waals surface area contributed by atoms with Gasteiger partial charge < -0.3 is 15.0 Å². The standard InChI is InChI=1S/C19H23F2N3O4S/c1-12(25)22-8-14-9-24(18(26)28-14)13-6-15(20)17(16(21)7-13)23-4-2-19(3-5-23)10-29(27)11-19/h6-7,14H,2-5,8-11H2,1H3,(H,22,25). The zero-order valence-electron chi connectivity index (χ0n) is 16.1. The van der Waals surface area contributed by atoms with Crippen LogP contribution in [-0.2, 0) is 20.3 Å². The molecule has 2 amide bonds. The monoisotopic (exact) mass is 427 g/mol. The second-order valence-electron chi connectivity index (χ2n) is 8.03. The highest BCUT2D eigenvalue weighted by Crippen LogP contribution is 2.42. The molecular weight excluding hydrogens is 404 g/mol. The highest BCUT2D eigenvalue weighted by Gasteiger charge is 2.45. The Morgan fingerprint density at radius 2 is 1.90 bits per heavy atom. The fourth-order valence-corrected chi connectivity index (χ4v) is 6.10. The van der Waals surface area contributed by atoms with Crippen molar-refractivity contribution in [3.8, 4) is 0 Å². The summed E-state index contributed by atoms with van der Waals surface area (Å²) >= 11 is 0. The van der Waals surface area contributed by atoms with Crippen LogP contribution in [0.1, 0.15) is 19.8 Å². The Morgan fingerprint density at radius 1 is 1.28 bits per heavy atom. The SMILES string of the molecule is CC(=O)NCC1CN(c2cc(F)c(N3CCC4(CC3)CS(=O)C4)c(F)c2)C(=O)O1. The summed E-state index contributed by atoms with van der Waals surface area (Å²) in [6.07, 6.45) is 0.249. The molecule has 10 heteroatoms. The van der Waals surface area contributed by atoms with Gasteiger partial charge in [-0.3, -0.25) is 13.9 Å². The zero-order valence-corrected chi connectivity index (χ0v) is 16.9. The van der Waals surface area contributed by atoms with Gasteiger partial charge in [-0.1, -0.05) is 0 Å². The Labute approximate surface area is 169 Å². The van der Waals surface area contributed by atoms with Crippen molar-refractivity contribution in [2.24, 2.45) is 5.41 Å². The van der Waals surface area contributed by atoms with E-state index in [1.165, 1.54) is 6.92 Å². The third-order valence-corrected chi connectivity index (χ3v) is 7.71. The number of halogens is 2. The number of benzene rings is 1. The molecule has 1 N–H and O–H groups in total. The molecule has 1 aromatic rings. The fourth-order valence-electron chi connectivity index (χ4n) is 4.24. The van der Waals surface area contributed by atoms with Gasteiger partial charge in [0.25, 0.3) is 0 Å². The van der Waals surface area contributed by atoms with Crippen molar-refractivity contribution in [2.75, 3.05) is 47.5 Å². The number of nitrogens with one attached hydrogen (secondary N) is 1. The first-order valence-electron chi connectivity index (χ1n) is 9.58. The quantitative estimate of drug-likeness (QED) is 0.793. The third-order valence-electron chi connectivity index (χ3n) is 5.84. The lowest BCUT2D eigenvalue weighted by Crippen LogP contribution is -2.52. The van der Waals surface area contributed by atoms with Crippen LogP contribution in [0.25, 0.3) is 0 Å². The largest absolute Gasteiger partial charge is 0.442 e. The van der Waals surface area contributed by atoms with Crippen LogP contribution in [0.5, 0.6) is 0 Å². The first-order chi connectivity index (χ1) is 13.8. The van der Waals surface area contributed by atoms with Gasteiger partial charge in [-0.2, -0.15) is 0 Å². The fraction of sp³-hybridized carbons (Fsp3) is 0.579. The molecule has 3 saturated heterocycles. The van der Waals surface area contributed by atoms with Crippen molar-refractivity contribution in [3.05, 3.63) is 23.8 Å². The second kappa shape index (κ2) is 7.55. The van der Waals surface area contributed by atoms with Crippen molar-refractivity contribution in [2.45, 2.75) is 25.9 Å². The van der Waals surface area contributed by atoms with Crippen LogP contribution >= 0.6 is 0 Å². The van der Waals surface area contributed by atoms with Gasteiger partial charge in [0.1, 0.15) is 11.8 Å². The first kappa shape index (κ1) is 20.1. The molecule has 0 bridgehead atoms. The highest BCUT2D eigenvalue weighted by atomic mass is 32.2. The van der Waals surface area contributed by atoms with E-state index in [0.29, 0.717) is 24.6 Å². The Hall–Kier alpha value is -2.23. The lowest BCUT2D eigenvalue weighted by atomic mass is 9.81. The highest BCUT2D eigenvalue weighted by molar-refractivity contribution is 7.86. The predicted octanol–water partition coefficient (Wildman–Crippen LogP) is 1.78. The summed E-state index contributed by atoms with van der Waals surface area (Å²) in [6.45, 7) is 2.61. The summed E-state index contributed by atoms with van der Waals surface area (Å²) in [4.78, 5) is 25.9. The van der Waals surface area contributed by atoms with Gasteiger partial charge in [0, 0.05) is 54.5 Å². The van der Waals surface area contributed by atoms with Gasteiger partial charge in [0.05, 0.1) is 18.8 Å². The molecule has 4 rings (SSSR count). The van der Waals surface area contributed by atoms with Gasteiger partial charge in [0.2, 0.25) is 5.91 Å². The van der Waals surface area contributed by atoms with E-state index >= 15 is 0 Å². The minimum Gasteiger partial charge on any atom is -0.442 e. The van der Waals surface area contributed by atoms with E-state index < -0.39 is 34.6 Å². The Bertz CT molecular complexity index is 840. The summed E-state index contributed by atoms with van der Waals surface area (Å²) in [5.41, 5.74) is 0.0598. The topological polar surface area (TPSA) is 79.0 Å². The van der Waals surface area contributed by atoms with E-state index in [-0.39, 0.29) is 35.8 Å². The van der Waals surface area contributed by atoms with Gasteiger partial charge in [-0.05, 0) is 18.3 Å². The van der Waals surface area contributed by atoms with E-state index in [1.807, 2.05) is 0 Å². The average molecular weight is 427 g/mol. The molecule has 3 aliphatic heterocycles. The summed E-state index contributed by atoms with van der Waals surface area (Å²) < 4.78 is 46.2. The molecule has 29 heavy (non-hydrogen) atoms. The maximum absolute atomic E-state index is 14.8. The van der Waals surface area contributed by atoms with E-state index in [4.69, 9.17) is 4.74 Å². The van der Waals surface area contributed by atoms with E-state index in [0.717, 1.165) is 29.9 Å². The molecule has 7 nitrogen and oxygen atoms in total. The molecule has 1 unspecified atom stereocenters. The second-order valence-corrected chi connectivity index (χ2v) is 9.48. The first-order valence-corrected chi connectivity index (χ1v) is 11.1. The molecule has 0 radical (unpaired) electrons. The molecule has 1 aromatic carbocycles. The predicted molar refractivity (Wildman–Crippen MR) is 104 cm³/mol. The molecule has 3 aliphatic rings. The maximum atomic E-state index is 14.8. The number of anilines is 2. The number of carbonyl (C=O) groups excluding carboxylic acids is 2. The van der Waals surface area contributed by atoms with Gasteiger partial charge in [-0.25, -0.2) is 13.6 Å². The maximum Gasteiger partial charge on any atom is 0.414 e. The number of ether oxygens (including phenoxy) is 1. The van der Waals surface area contributed by atoms with Gasteiger partial charge in [0.15, 0.2) is 11.6 Å². The molecule has 1 spiro atoms. The Kier molecular flexibility index (Phi) is 5.22. The van der Waals surface area contributed by atoms with Crippen molar-refractivity contribution < 1.29 is 27.3 Å². The minimum atomic E-state index is -0.748. The Balaban J connectivity index is 1.46. The number of cyclic esters (lactones) is 1. The van der Waals surface area contributed by atoms with Crippen LogP contribution < -0.4 is 15.1 Å². The molecule has 0 aliphatic carbocycles. The molecule has 3 heterocycles. The van der Waals surface area contributed by atoms with Gasteiger partial charge >= 0.3 is 6.09 Å².